The van der Waals surface area contributed by atoms with Crippen LogP contribution in [-0.4, -0.2) is 43.9 Å². The lowest BCUT2D eigenvalue weighted by molar-refractivity contribution is 0.0981. The lowest BCUT2D eigenvalue weighted by Crippen LogP contribution is -2.41. The molecular weight excluding hydrogens is 478 g/mol. The van der Waals surface area contributed by atoms with E-state index in [0.29, 0.717) is 11.7 Å². The van der Waals surface area contributed by atoms with Crippen molar-refractivity contribution in [2.75, 3.05) is 24.0 Å². The van der Waals surface area contributed by atoms with E-state index in [-0.39, 0.29) is 16.0 Å². The van der Waals surface area contributed by atoms with Crippen molar-refractivity contribution < 1.29 is 13.2 Å². The zero-order chi connectivity index (χ0) is 25.4. The molecular formula is C27H33N3O3S2. The van der Waals surface area contributed by atoms with Crippen molar-refractivity contribution in [2.45, 2.75) is 47.5 Å². The summed E-state index contributed by atoms with van der Waals surface area (Å²) in [5, 5.41) is 0.900. The van der Waals surface area contributed by atoms with Gasteiger partial charge in [0, 0.05) is 12.1 Å². The van der Waals surface area contributed by atoms with Gasteiger partial charge in [-0.25, -0.2) is 18.1 Å². The van der Waals surface area contributed by atoms with Gasteiger partial charge in [-0.3, -0.25) is 4.79 Å². The number of benzene rings is 2. The number of carbonyl (C=O) groups excluding carboxylic acids is 1. The summed E-state index contributed by atoms with van der Waals surface area (Å²) in [6.45, 7) is 7.21. The summed E-state index contributed by atoms with van der Waals surface area (Å²) in [6.07, 6.45) is 5.33. The third kappa shape index (κ3) is 5.09. The topological polar surface area (TPSA) is 79.4 Å². The summed E-state index contributed by atoms with van der Waals surface area (Å²) < 4.78 is 28.0. The molecule has 186 valence electrons. The van der Waals surface area contributed by atoms with Gasteiger partial charge in [0.25, 0.3) is 15.9 Å². The molecule has 3 aromatic rings. The van der Waals surface area contributed by atoms with Crippen LogP contribution in [0.15, 0.2) is 87.6 Å². The van der Waals surface area contributed by atoms with E-state index < -0.39 is 26.0 Å². The summed E-state index contributed by atoms with van der Waals surface area (Å²) in [5.74, 6) is 0.286. The summed E-state index contributed by atoms with van der Waals surface area (Å²) in [4.78, 5) is 21.8. The highest BCUT2D eigenvalue weighted by atomic mass is 32.3. The van der Waals surface area contributed by atoms with Crippen molar-refractivity contribution >= 4 is 31.8 Å². The first-order valence-electron chi connectivity index (χ1n) is 11.6. The average Bonchev–Trinajstić information content (AvgIpc) is 3.11. The Bertz CT molecular complexity index is 1320. The van der Waals surface area contributed by atoms with E-state index in [0.717, 1.165) is 18.0 Å². The maximum absolute atomic E-state index is 13.4. The number of aromatic nitrogens is 1. The highest BCUT2D eigenvalue weighted by molar-refractivity contribution is 8.32. The third-order valence-corrected chi connectivity index (χ3v) is 10.6. The molecule has 1 fully saturated rings. The van der Waals surface area contributed by atoms with Crippen LogP contribution in [0, 0.1) is 5.92 Å². The number of pyridine rings is 1. The molecule has 0 aliphatic carbocycles. The lowest BCUT2D eigenvalue weighted by atomic mass is 9.97. The number of carbonyl (C=O) groups is 1. The fourth-order valence-electron chi connectivity index (χ4n) is 4.77. The molecule has 0 bridgehead atoms. The van der Waals surface area contributed by atoms with E-state index >= 15 is 0 Å². The Morgan fingerprint density at radius 2 is 1.51 bits per heavy atom. The zero-order valence-corrected chi connectivity index (χ0v) is 22.5. The lowest BCUT2D eigenvalue weighted by Gasteiger charge is -2.36. The molecule has 1 aromatic heterocycles. The van der Waals surface area contributed by atoms with Crippen LogP contribution in [0.2, 0.25) is 0 Å². The highest BCUT2D eigenvalue weighted by Gasteiger charge is 2.39. The van der Waals surface area contributed by atoms with Crippen LogP contribution in [0.3, 0.4) is 0 Å². The molecule has 4 rings (SSSR count). The van der Waals surface area contributed by atoms with E-state index in [1.165, 1.54) is 17.0 Å². The van der Waals surface area contributed by atoms with Gasteiger partial charge < -0.3 is 4.90 Å². The van der Waals surface area contributed by atoms with Gasteiger partial charge in [-0.2, -0.15) is 10.0 Å². The molecule has 1 saturated heterocycles. The summed E-state index contributed by atoms with van der Waals surface area (Å²) >= 11 is 0. The largest absolute Gasteiger partial charge is 0.351 e. The van der Waals surface area contributed by atoms with Gasteiger partial charge in [-0.1, -0.05) is 43.3 Å². The van der Waals surface area contributed by atoms with Crippen LogP contribution in [0.4, 0.5) is 5.82 Å². The SMILES string of the molecule is C[C@@H]1CN(c2nc(S(C)(C)c3ccccc3)ccc2C(=O)NS(=O)(=O)c2ccccc2)C(C)(C)C1. The Morgan fingerprint density at radius 3 is 2.06 bits per heavy atom. The molecule has 0 saturated carbocycles. The van der Waals surface area contributed by atoms with Crippen molar-refractivity contribution in [3.63, 3.8) is 0 Å². The van der Waals surface area contributed by atoms with E-state index in [2.05, 4.69) is 55.0 Å². The Morgan fingerprint density at radius 1 is 0.943 bits per heavy atom. The van der Waals surface area contributed by atoms with Gasteiger partial charge in [0.2, 0.25) is 0 Å². The minimum Gasteiger partial charge on any atom is -0.351 e. The molecule has 2 aromatic carbocycles. The van der Waals surface area contributed by atoms with Crippen LogP contribution in [-0.2, 0) is 10.0 Å². The monoisotopic (exact) mass is 511 g/mol. The minimum atomic E-state index is -4.01. The van der Waals surface area contributed by atoms with Crippen LogP contribution in [0.5, 0.6) is 0 Å². The molecule has 1 aliphatic rings. The fraction of sp³-hybridized carbons (Fsp3) is 0.333. The van der Waals surface area contributed by atoms with Crippen LogP contribution in [0.1, 0.15) is 37.6 Å². The molecule has 8 heteroatoms. The standard InChI is InChI=1S/C27H33N3O3S2/c1-20-18-27(2,3)30(19-20)25-23(26(31)29-35(32,33)22-14-10-7-11-15-22)16-17-24(28-25)34(4,5)21-12-8-6-9-13-21/h6-17,20H,18-19H2,1-5H3,(H,29,31)/t20-/m0/s1. The Balaban J connectivity index is 1.79. The Hall–Kier alpha value is -2.84. The van der Waals surface area contributed by atoms with Crippen molar-refractivity contribution in [2.24, 2.45) is 5.92 Å². The average molecular weight is 512 g/mol. The van der Waals surface area contributed by atoms with Crippen molar-refractivity contribution in [1.82, 2.24) is 9.71 Å². The Kier molecular flexibility index (Phi) is 6.72. The molecule has 1 amide bonds. The predicted octanol–water partition coefficient (Wildman–Crippen LogP) is 5.31. The summed E-state index contributed by atoms with van der Waals surface area (Å²) in [6, 6.07) is 21.8. The smallest absolute Gasteiger partial charge is 0.268 e. The number of rotatable bonds is 6. The number of hydrogen-bond acceptors (Lipinski definition) is 5. The maximum Gasteiger partial charge on any atom is 0.268 e. The molecule has 2 heterocycles. The predicted molar refractivity (Wildman–Crippen MR) is 143 cm³/mol. The molecule has 0 radical (unpaired) electrons. The molecule has 35 heavy (non-hydrogen) atoms. The third-order valence-electron chi connectivity index (χ3n) is 6.56. The van der Waals surface area contributed by atoms with E-state index in [1.807, 2.05) is 24.3 Å². The fourth-order valence-corrected chi connectivity index (χ4v) is 7.56. The van der Waals surface area contributed by atoms with E-state index in [4.69, 9.17) is 4.98 Å². The van der Waals surface area contributed by atoms with Gasteiger partial charge in [0.1, 0.15) is 5.82 Å². The molecule has 1 N–H and O–H groups in total. The molecule has 1 atom stereocenters. The molecule has 1 aliphatic heterocycles. The van der Waals surface area contributed by atoms with E-state index in [9.17, 15) is 13.2 Å². The zero-order valence-electron chi connectivity index (χ0n) is 20.9. The highest BCUT2D eigenvalue weighted by Crippen LogP contribution is 2.56. The van der Waals surface area contributed by atoms with Crippen molar-refractivity contribution in [3.05, 3.63) is 78.4 Å². The second kappa shape index (κ2) is 9.32. The summed E-state index contributed by atoms with van der Waals surface area (Å²) in [7, 11) is -5.46. The van der Waals surface area contributed by atoms with Gasteiger partial charge in [-0.15, -0.1) is 0 Å². The molecule has 0 spiro atoms. The van der Waals surface area contributed by atoms with Crippen LogP contribution < -0.4 is 9.62 Å². The van der Waals surface area contributed by atoms with Crippen molar-refractivity contribution in [3.8, 4) is 0 Å². The Labute approximate surface area is 210 Å². The van der Waals surface area contributed by atoms with Crippen LogP contribution >= 0.6 is 10.0 Å². The second-order valence-corrected chi connectivity index (χ2v) is 15.4. The maximum atomic E-state index is 13.4. The van der Waals surface area contributed by atoms with Crippen LogP contribution in [0.25, 0.3) is 0 Å². The number of hydrogen-bond donors (Lipinski definition) is 1. The van der Waals surface area contributed by atoms with Gasteiger partial charge in [-0.05, 0) is 80.0 Å². The number of amides is 1. The number of sulfonamides is 1. The number of anilines is 1. The number of nitrogens with one attached hydrogen (secondary N) is 1. The quantitative estimate of drug-likeness (QED) is 0.485. The number of nitrogens with zero attached hydrogens (tertiary/aromatic N) is 2. The van der Waals surface area contributed by atoms with Crippen molar-refractivity contribution in [1.29, 1.82) is 0 Å². The normalized spacial score (nSPS) is 18.3. The first-order valence-corrected chi connectivity index (χ1v) is 15.5. The minimum absolute atomic E-state index is 0.0456. The second-order valence-electron chi connectivity index (χ2n) is 10.1. The van der Waals surface area contributed by atoms with Gasteiger partial charge >= 0.3 is 0 Å². The molecule has 6 nitrogen and oxygen atoms in total. The molecule has 0 unspecified atom stereocenters. The van der Waals surface area contributed by atoms with Gasteiger partial charge in [0.15, 0.2) is 0 Å². The first kappa shape index (κ1) is 25.3. The summed E-state index contributed by atoms with van der Waals surface area (Å²) in [5.41, 5.74) is 0.0450. The first-order chi connectivity index (χ1) is 16.4. The van der Waals surface area contributed by atoms with E-state index in [1.54, 1.807) is 24.3 Å². The van der Waals surface area contributed by atoms with Gasteiger partial charge in [0.05, 0.1) is 15.5 Å².